The van der Waals surface area contributed by atoms with Crippen molar-refractivity contribution in [3.63, 3.8) is 0 Å². The number of alkyl halides is 1. The van der Waals surface area contributed by atoms with Crippen LogP contribution in [0, 0.1) is 11.3 Å². The molecule has 0 amide bonds. The van der Waals surface area contributed by atoms with E-state index in [1.54, 1.807) is 0 Å². The Morgan fingerprint density at radius 1 is 1.00 bits per heavy atom. The van der Waals surface area contributed by atoms with Gasteiger partial charge >= 0.3 is 0 Å². The number of benzene rings is 1. The van der Waals surface area contributed by atoms with Crippen LogP contribution in [0.25, 0.3) is 0 Å². The molecule has 10 heavy (non-hydrogen) atoms. The molecule has 52 valence electrons. The largest absolute Gasteiger partial charge is 0.197 e. The molecule has 0 atom stereocenters. The average Bonchev–Trinajstić information content (AvgIpc) is 2.08. The van der Waals surface area contributed by atoms with Crippen LogP contribution >= 0.6 is 15.9 Å². The zero-order chi connectivity index (χ0) is 7.66. The maximum absolute atomic E-state index is 7.58. The minimum atomic E-state index is 0.438. The molecule has 0 aliphatic carbocycles. The lowest BCUT2D eigenvalue weighted by Crippen LogP contribution is -1.47. The molecule has 1 rings (SSSR count). The summed E-state index contributed by atoms with van der Waals surface area (Å²) in [5.74, 6) is 0. The maximum atomic E-state index is 7.58. The Labute approximate surface area is 69.4 Å². The van der Waals surface area contributed by atoms with E-state index in [0.29, 0.717) is 5.33 Å². The molecule has 1 aromatic carbocycles. The van der Waals surface area contributed by atoms with Crippen LogP contribution in [0.3, 0.4) is 0 Å². The Balaban J connectivity index is 0.000000180. The van der Waals surface area contributed by atoms with Gasteiger partial charge in [-0.1, -0.05) is 52.3 Å². The van der Waals surface area contributed by atoms with E-state index in [1.165, 1.54) is 0 Å². The zero-order valence-electron chi connectivity index (χ0n) is 5.50. The number of nitriles is 1. The summed E-state index contributed by atoms with van der Waals surface area (Å²) in [6.07, 6.45) is 0. The van der Waals surface area contributed by atoms with Crippen molar-refractivity contribution in [1.82, 2.24) is 0 Å². The van der Waals surface area contributed by atoms with Gasteiger partial charge in [-0.2, -0.15) is 5.26 Å². The van der Waals surface area contributed by atoms with E-state index in [0.717, 1.165) is 0 Å². The van der Waals surface area contributed by atoms with Gasteiger partial charge < -0.3 is 0 Å². The van der Waals surface area contributed by atoms with Crippen LogP contribution < -0.4 is 0 Å². The Kier molecular flexibility index (Phi) is 7.53. The summed E-state index contributed by atoms with van der Waals surface area (Å²) >= 11 is 2.89. The summed E-state index contributed by atoms with van der Waals surface area (Å²) in [5.41, 5.74) is 0. The van der Waals surface area contributed by atoms with Gasteiger partial charge in [0.15, 0.2) is 0 Å². The average molecular weight is 198 g/mol. The molecule has 0 heterocycles. The zero-order valence-corrected chi connectivity index (χ0v) is 7.08. The standard InChI is InChI=1S/C6H6.C2H2BrN/c1-2-4-6-5-3-1;3-1-2-4/h1-6H;1H2. The topological polar surface area (TPSA) is 23.8 Å². The van der Waals surface area contributed by atoms with Crippen molar-refractivity contribution >= 4 is 15.9 Å². The number of nitrogens with zero attached hydrogens (tertiary/aromatic N) is 1. The first-order valence-corrected chi connectivity index (χ1v) is 3.97. The first-order valence-electron chi connectivity index (χ1n) is 2.84. The maximum Gasteiger partial charge on any atom is 0.0905 e. The van der Waals surface area contributed by atoms with Crippen molar-refractivity contribution in [3.8, 4) is 6.07 Å². The first kappa shape index (κ1) is 9.19. The fourth-order valence-corrected chi connectivity index (χ4v) is 0.385. The predicted molar refractivity (Wildman–Crippen MR) is 45.8 cm³/mol. The molecule has 1 nitrogen and oxygen atoms in total. The van der Waals surface area contributed by atoms with Gasteiger partial charge in [-0.3, -0.25) is 0 Å². The van der Waals surface area contributed by atoms with Gasteiger partial charge in [0, 0.05) is 0 Å². The molecule has 0 saturated heterocycles. The first-order chi connectivity index (χ1) is 4.91. The van der Waals surface area contributed by atoms with Gasteiger partial charge in [0.25, 0.3) is 0 Å². The lowest BCUT2D eigenvalue weighted by Gasteiger charge is -1.69. The third kappa shape index (κ3) is 7.19. The smallest absolute Gasteiger partial charge is 0.0905 e. The number of rotatable bonds is 0. The van der Waals surface area contributed by atoms with Crippen LogP contribution in [0.5, 0.6) is 0 Å². The monoisotopic (exact) mass is 197 g/mol. The fourth-order valence-electron chi connectivity index (χ4n) is 0.385. The molecule has 0 aliphatic rings. The van der Waals surface area contributed by atoms with E-state index >= 15 is 0 Å². The van der Waals surface area contributed by atoms with Gasteiger partial charge in [-0.05, 0) is 0 Å². The molecular formula is C8H8BrN. The van der Waals surface area contributed by atoms with E-state index in [2.05, 4.69) is 15.9 Å². The summed E-state index contributed by atoms with van der Waals surface area (Å²) in [6, 6.07) is 13.8. The molecule has 0 N–H and O–H groups in total. The summed E-state index contributed by atoms with van der Waals surface area (Å²) in [6.45, 7) is 0. The molecule has 0 fully saturated rings. The molecule has 0 radical (unpaired) electrons. The normalized spacial score (nSPS) is 6.80. The quantitative estimate of drug-likeness (QED) is 0.587. The predicted octanol–water partition coefficient (Wildman–Crippen LogP) is 2.59. The molecular weight excluding hydrogens is 190 g/mol. The van der Waals surface area contributed by atoms with Crippen molar-refractivity contribution in [1.29, 1.82) is 5.26 Å². The Bertz CT molecular complexity index is 151. The highest BCUT2D eigenvalue weighted by Crippen LogP contribution is 1.79. The molecule has 0 aromatic heterocycles. The second-order valence-electron chi connectivity index (χ2n) is 1.45. The number of hydrogen-bond acceptors (Lipinski definition) is 1. The highest BCUT2D eigenvalue weighted by atomic mass is 79.9. The van der Waals surface area contributed by atoms with Crippen LogP contribution in [0.2, 0.25) is 0 Å². The molecule has 2 heteroatoms. The van der Waals surface area contributed by atoms with Gasteiger partial charge in [0.05, 0.1) is 11.4 Å². The van der Waals surface area contributed by atoms with Crippen LogP contribution in [0.4, 0.5) is 0 Å². The van der Waals surface area contributed by atoms with E-state index < -0.39 is 0 Å². The SMILES string of the molecule is N#CCBr.c1ccccc1. The molecule has 0 spiro atoms. The van der Waals surface area contributed by atoms with Crippen LogP contribution in [-0.2, 0) is 0 Å². The van der Waals surface area contributed by atoms with Crippen LogP contribution in [0.1, 0.15) is 0 Å². The van der Waals surface area contributed by atoms with Crippen molar-refractivity contribution < 1.29 is 0 Å². The number of halogens is 1. The van der Waals surface area contributed by atoms with E-state index in [9.17, 15) is 0 Å². The third-order valence-electron chi connectivity index (χ3n) is 0.726. The highest BCUT2D eigenvalue weighted by molar-refractivity contribution is 9.09. The van der Waals surface area contributed by atoms with Gasteiger partial charge in [-0.25, -0.2) is 0 Å². The highest BCUT2D eigenvalue weighted by Gasteiger charge is 1.57. The second kappa shape index (κ2) is 8.19. The summed E-state index contributed by atoms with van der Waals surface area (Å²) in [7, 11) is 0. The van der Waals surface area contributed by atoms with Gasteiger partial charge in [0.1, 0.15) is 0 Å². The Morgan fingerprint density at radius 2 is 1.20 bits per heavy atom. The molecule has 0 bridgehead atoms. The molecule has 0 saturated carbocycles. The van der Waals surface area contributed by atoms with Crippen LogP contribution in [0.15, 0.2) is 36.4 Å². The van der Waals surface area contributed by atoms with Crippen molar-refractivity contribution in [3.05, 3.63) is 36.4 Å². The van der Waals surface area contributed by atoms with Crippen molar-refractivity contribution in [2.24, 2.45) is 0 Å². The third-order valence-corrected chi connectivity index (χ3v) is 0.977. The molecule has 0 unspecified atom stereocenters. The lowest BCUT2D eigenvalue weighted by atomic mass is 10.4. The van der Waals surface area contributed by atoms with E-state index in [1.807, 2.05) is 42.5 Å². The van der Waals surface area contributed by atoms with Crippen LogP contribution in [-0.4, -0.2) is 5.33 Å². The Morgan fingerprint density at radius 3 is 1.30 bits per heavy atom. The minimum absolute atomic E-state index is 0.438. The minimum Gasteiger partial charge on any atom is -0.197 e. The summed E-state index contributed by atoms with van der Waals surface area (Å²) in [4.78, 5) is 0. The van der Waals surface area contributed by atoms with Gasteiger partial charge in [-0.15, -0.1) is 0 Å². The Hall–Kier alpha value is -0.810. The molecule has 1 aromatic rings. The summed E-state index contributed by atoms with van der Waals surface area (Å²) in [5, 5.41) is 8.02. The van der Waals surface area contributed by atoms with E-state index in [4.69, 9.17) is 5.26 Å². The molecule has 0 aliphatic heterocycles. The fraction of sp³-hybridized carbons (Fsp3) is 0.125. The summed E-state index contributed by atoms with van der Waals surface area (Å²) < 4.78 is 0. The second-order valence-corrected chi connectivity index (χ2v) is 2.01. The van der Waals surface area contributed by atoms with Gasteiger partial charge in [0.2, 0.25) is 0 Å². The van der Waals surface area contributed by atoms with Crippen molar-refractivity contribution in [2.75, 3.05) is 5.33 Å². The van der Waals surface area contributed by atoms with E-state index in [-0.39, 0.29) is 0 Å². The lowest BCUT2D eigenvalue weighted by molar-refractivity contribution is 1.50. The number of hydrogen-bond donors (Lipinski definition) is 0. The van der Waals surface area contributed by atoms with Crippen molar-refractivity contribution in [2.45, 2.75) is 0 Å².